The Hall–Kier alpha value is -1.69. The minimum absolute atomic E-state index is 0.0777. The van der Waals surface area contributed by atoms with Crippen LogP contribution < -0.4 is 5.32 Å². The van der Waals surface area contributed by atoms with Gasteiger partial charge in [0.25, 0.3) is 0 Å². The van der Waals surface area contributed by atoms with Gasteiger partial charge < -0.3 is 5.32 Å². The van der Waals surface area contributed by atoms with Crippen molar-refractivity contribution >= 4 is 21.4 Å². The van der Waals surface area contributed by atoms with Gasteiger partial charge in [0, 0.05) is 17.9 Å². The Morgan fingerprint density at radius 2 is 2.09 bits per heavy atom. The van der Waals surface area contributed by atoms with Crippen molar-refractivity contribution in [1.82, 2.24) is 0 Å². The van der Waals surface area contributed by atoms with Crippen LogP contribution in [0.5, 0.6) is 0 Å². The van der Waals surface area contributed by atoms with Gasteiger partial charge in [-0.25, -0.2) is 12.8 Å². The van der Waals surface area contributed by atoms with Crippen molar-refractivity contribution in [2.75, 3.05) is 11.6 Å². The summed E-state index contributed by atoms with van der Waals surface area (Å²) in [5.74, 6) is -0.256. The fraction of sp³-hybridized carbons (Fsp3) is 0.438. The fourth-order valence-electron chi connectivity index (χ4n) is 3.39. The van der Waals surface area contributed by atoms with E-state index < -0.39 is 15.7 Å². The quantitative estimate of drug-likeness (QED) is 0.866. The van der Waals surface area contributed by atoms with Crippen LogP contribution in [0.25, 0.3) is 0 Å². The zero-order valence-electron chi connectivity index (χ0n) is 12.3. The molecule has 4 nitrogen and oxygen atoms in total. The van der Waals surface area contributed by atoms with Crippen molar-refractivity contribution in [3.8, 4) is 0 Å². The highest BCUT2D eigenvalue weighted by molar-refractivity contribution is 7.89. The number of rotatable bonds is 4. The molecule has 2 aliphatic carbocycles. The van der Waals surface area contributed by atoms with E-state index in [2.05, 4.69) is 17.5 Å². The average Bonchev–Trinajstić information content (AvgIpc) is 3.02. The SMILES string of the molecule is CS(=O)(=O)Cc1cc(F)ccc1NC(=O)[C@H]1C[C@H]2C=C[C@H]1C2. The van der Waals surface area contributed by atoms with E-state index in [1.54, 1.807) is 0 Å². The van der Waals surface area contributed by atoms with Crippen LogP contribution in [-0.2, 0) is 20.4 Å². The Labute approximate surface area is 129 Å². The van der Waals surface area contributed by atoms with Crippen molar-refractivity contribution in [2.45, 2.75) is 18.6 Å². The predicted molar refractivity (Wildman–Crippen MR) is 82.4 cm³/mol. The van der Waals surface area contributed by atoms with E-state index in [0.717, 1.165) is 25.2 Å². The summed E-state index contributed by atoms with van der Waals surface area (Å²) in [6, 6.07) is 3.82. The van der Waals surface area contributed by atoms with Crippen molar-refractivity contribution in [3.63, 3.8) is 0 Å². The van der Waals surface area contributed by atoms with E-state index in [0.29, 0.717) is 11.6 Å². The Balaban J connectivity index is 1.80. The van der Waals surface area contributed by atoms with Crippen molar-refractivity contribution in [3.05, 3.63) is 41.7 Å². The second kappa shape index (κ2) is 5.50. The minimum atomic E-state index is -3.31. The summed E-state index contributed by atoms with van der Waals surface area (Å²) in [6.45, 7) is 0. The molecule has 0 unspecified atom stereocenters. The number of carbonyl (C=O) groups excluding carboxylic acids is 1. The van der Waals surface area contributed by atoms with Crippen LogP contribution >= 0.6 is 0 Å². The Bertz CT molecular complexity index is 742. The van der Waals surface area contributed by atoms with E-state index in [-0.39, 0.29) is 29.1 Å². The van der Waals surface area contributed by atoms with Crippen molar-refractivity contribution in [2.24, 2.45) is 17.8 Å². The number of benzene rings is 1. The summed E-state index contributed by atoms with van der Waals surface area (Å²) in [4.78, 5) is 12.4. The van der Waals surface area contributed by atoms with E-state index in [9.17, 15) is 17.6 Å². The summed E-state index contributed by atoms with van der Waals surface area (Å²) >= 11 is 0. The molecule has 0 radical (unpaired) electrons. The number of anilines is 1. The Morgan fingerprint density at radius 1 is 1.32 bits per heavy atom. The number of halogens is 1. The van der Waals surface area contributed by atoms with Gasteiger partial charge in [-0.05, 0) is 48.4 Å². The second-order valence-electron chi connectivity index (χ2n) is 6.25. The molecule has 0 saturated heterocycles. The van der Waals surface area contributed by atoms with Crippen LogP contribution in [0.3, 0.4) is 0 Å². The standard InChI is InChI=1S/C16H18FNO3S/c1-22(20,21)9-12-8-13(17)4-5-15(12)18-16(19)14-7-10-2-3-11(14)6-10/h2-5,8,10-11,14H,6-7,9H2,1H3,(H,18,19)/t10-,11-,14-/m0/s1. The first-order valence-electron chi connectivity index (χ1n) is 7.27. The number of allylic oxidation sites excluding steroid dienone is 2. The van der Waals surface area contributed by atoms with E-state index in [4.69, 9.17) is 0 Å². The first kappa shape index (κ1) is 15.2. The molecular formula is C16H18FNO3S. The van der Waals surface area contributed by atoms with Gasteiger partial charge in [0.05, 0.1) is 5.75 Å². The Morgan fingerprint density at radius 3 is 2.68 bits per heavy atom. The number of amides is 1. The normalized spacial score (nSPS) is 26.4. The number of fused-ring (bicyclic) bond motifs is 2. The van der Waals surface area contributed by atoms with Crippen LogP contribution in [0, 0.1) is 23.6 Å². The second-order valence-corrected chi connectivity index (χ2v) is 8.39. The number of nitrogens with one attached hydrogen (secondary N) is 1. The minimum Gasteiger partial charge on any atom is -0.326 e. The monoisotopic (exact) mass is 323 g/mol. The van der Waals surface area contributed by atoms with E-state index >= 15 is 0 Å². The van der Waals surface area contributed by atoms with Crippen LogP contribution in [-0.4, -0.2) is 20.6 Å². The van der Waals surface area contributed by atoms with Gasteiger partial charge >= 0.3 is 0 Å². The van der Waals surface area contributed by atoms with Gasteiger partial charge in [0.15, 0.2) is 9.84 Å². The fourth-order valence-corrected chi connectivity index (χ4v) is 4.20. The van der Waals surface area contributed by atoms with Gasteiger partial charge in [-0.15, -0.1) is 0 Å². The van der Waals surface area contributed by atoms with Crippen LogP contribution in [0.2, 0.25) is 0 Å². The molecule has 1 fully saturated rings. The van der Waals surface area contributed by atoms with Gasteiger partial charge in [-0.3, -0.25) is 4.79 Å². The third kappa shape index (κ3) is 3.21. The molecule has 2 aliphatic rings. The lowest BCUT2D eigenvalue weighted by atomic mass is 9.92. The Kier molecular flexibility index (Phi) is 3.80. The number of sulfone groups is 1. The molecule has 1 aromatic rings. The molecule has 0 aliphatic heterocycles. The highest BCUT2D eigenvalue weighted by atomic mass is 32.2. The molecule has 6 heteroatoms. The molecule has 3 rings (SSSR count). The van der Waals surface area contributed by atoms with Crippen molar-refractivity contribution < 1.29 is 17.6 Å². The maximum Gasteiger partial charge on any atom is 0.228 e. The summed E-state index contributed by atoms with van der Waals surface area (Å²) < 4.78 is 36.3. The molecule has 3 atom stereocenters. The average molecular weight is 323 g/mol. The lowest BCUT2D eigenvalue weighted by Crippen LogP contribution is -2.26. The molecule has 2 bridgehead atoms. The highest BCUT2D eigenvalue weighted by Crippen LogP contribution is 2.43. The molecule has 1 aromatic carbocycles. The molecular weight excluding hydrogens is 305 g/mol. The zero-order chi connectivity index (χ0) is 15.9. The van der Waals surface area contributed by atoms with E-state index in [1.807, 2.05) is 0 Å². The van der Waals surface area contributed by atoms with Crippen molar-refractivity contribution in [1.29, 1.82) is 0 Å². The third-order valence-electron chi connectivity index (χ3n) is 4.36. The first-order chi connectivity index (χ1) is 10.3. The van der Waals surface area contributed by atoms with E-state index in [1.165, 1.54) is 12.1 Å². The van der Waals surface area contributed by atoms with Gasteiger partial charge in [-0.1, -0.05) is 12.2 Å². The zero-order valence-corrected chi connectivity index (χ0v) is 13.1. The molecule has 118 valence electrons. The first-order valence-corrected chi connectivity index (χ1v) is 9.33. The summed E-state index contributed by atoms with van der Waals surface area (Å²) in [5, 5.41) is 2.78. The molecule has 0 heterocycles. The molecule has 0 spiro atoms. The third-order valence-corrected chi connectivity index (χ3v) is 5.19. The highest BCUT2D eigenvalue weighted by Gasteiger charge is 2.39. The van der Waals surface area contributed by atoms with Crippen LogP contribution in [0.4, 0.5) is 10.1 Å². The maximum atomic E-state index is 13.4. The van der Waals surface area contributed by atoms with Crippen LogP contribution in [0.1, 0.15) is 18.4 Å². The topological polar surface area (TPSA) is 63.2 Å². The molecule has 1 amide bonds. The summed E-state index contributed by atoms with van der Waals surface area (Å²) in [7, 11) is -3.31. The molecule has 22 heavy (non-hydrogen) atoms. The largest absolute Gasteiger partial charge is 0.326 e. The summed E-state index contributed by atoms with van der Waals surface area (Å²) in [6.07, 6.45) is 7.17. The smallest absolute Gasteiger partial charge is 0.228 e. The number of hydrogen-bond acceptors (Lipinski definition) is 3. The predicted octanol–water partition coefficient (Wildman–Crippen LogP) is 2.52. The summed E-state index contributed by atoms with van der Waals surface area (Å²) in [5.41, 5.74) is 0.665. The lowest BCUT2D eigenvalue weighted by Gasteiger charge is -2.19. The van der Waals surface area contributed by atoms with Gasteiger partial charge in [0.1, 0.15) is 5.82 Å². The van der Waals surface area contributed by atoms with Gasteiger partial charge in [-0.2, -0.15) is 0 Å². The maximum absolute atomic E-state index is 13.4. The molecule has 1 N–H and O–H groups in total. The van der Waals surface area contributed by atoms with Crippen LogP contribution in [0.15, 0.2) is 30.4 Å². The van der Waals surface area contributed by atoms with Gasteiger partial charge in [0.2, 0.25) is 5.91 Å². The lowest BCUT2D eigenvalue weighted by molar-refractivity contribution is -0.120. The molecule has 0 aromatic heterocycles. The number of carbonyl (C=O) groups is 1. The molecule has 1 saturated carbocycles. The number of hydrogen-bond donors (Lipinski definition) is 1.